The molecule has 0 aliphatic heterocycles. The first-order chi connectivity index (χ1) is 10.1. The Balaban J connectivity index is 0.000000677. The van der Waals surface area contributed by atoms with E-state index in [0.717, 1.165) is 0 Å². The number of benzene rings is 1. The molecule has 0 bridgehead atoms. The number of unbranched alkanes of at least 4 members (excludes halogenated alkanes) is 3. The summed E-state index contributed by atoms with van der Waals surface area (Å²) < 4.78 is 0. The predicted octanol–water partition coefficient (Wildman–Crippen LogP) is 6.98. The molecule has 0 amide bonds. The first-order valence-corrected chi connectivity index (χ1v) is 14.0. The van der Waals surface area contributed by atoms with E-state index in [4.69, 9.17) is 17.0 Å². The zero-order valence-corrected chi connectivity index (χ0v) is 17.5. The topological polar surface area (TPSA) is 0 Å². The van der Waals surface area contributed by atoms with E-state index in [1.54, 1.807) is 5.56 Å². The van der Waals surface area contributed by atoms with Crippen LogP contribution < -0.4 is 0 Å². The number of fused-ring (bicyclic) bond motifs is 1. The molecule has 0 aliphatic carbocycles. The first kappa shape index (κ1) is 19.3. The van der Waals surface area contributed by atoms with Gasteiger partial charge in [-0.2, -0.15) is 5.56 Å². The quantitative estimate of drug-likeness (QED) is 0.373. The molecule has 116 valence electrons. The van der Waals surface area contributed by atoms with Crippen molar-refractivity contribution in [2.24, 2.45) is 0 Å². The molecule has 2 aromatic carbocycles. The molecular weight excluding hydrogens is 378 g/mol. The van der Waals surface area contributed by atoms with Gasteiger partial charge in [0.05, 0.1) is 0 Å². The third kappa shape index (κ3) is 5.45. The number of hydrogen-bond donors (Lipinski definition) is 0. The van der Waals surface area contributed by atoms with Crippen molar-refractivity contribution < 1.29 is 20.8 Å². The van der Waals surface area contributed by atoms with Crippen molar-refractivity contribution in [3.8, 4) is 0 Å². The fourth-order valence-corrected chi connectivity index (χ4v) is 2.87. The standard InChI is InChI=1S/C18H25.2ClH.Zr/c1-5-6-7-8-9-16-11-10-13(2)17-12-14(3)15(4)18(16)17;;;/h10-12H,5-9H2,1-4H3;2*1H;/q-1;;;+2/p-2. The SMILES string of the molecule is CCCCCCc1ccc(C)c2[cH-]c(C)c(C)c12.[Cl][Zr][Cl]. The summed E-state index contributed by atoms with van der Waals surface area (Å²) in [5.41, 5.74) is 5.89. The van der Waals surface area contributed by atoms with Gasteiger partial charge >= 0.3 is 37.9 Å². The fourth-order valence-electron chi connectivity index (χ4n) is 2.87. The maximum atomic E-state index is 4.93. The minimum absolute atomic E-state index is 0.826. The van der Waals surface area contributed by atoms with Crippen molar-refractivity contribution >= 4 is 27.8 Å². The van der Waals surface area contributed by atoms with Crippen LogP contribution in [0, 0.1) is 20.8 Å². The van der Waals surface area contributed by atoms with Gasteiger partial charge in [0.1, 0.15) is 0 Å². The van der Waals surface area contributed by atoms with Gasteiger partial charge in [-0.05, 0) is 6.42 Å². The van der Waals surface area contributed by atoms with E-state index in [1.165, 1.54) is 59.6 Å². The molecule has 0 unspecified atom stereocenters. The van der Waals surface area contributed by atoms with Gasteiger partial charge in [-0.15, -0.1) is 34.0 Å². The normalized spacial score (nSPS) is 10.4. The number of rotatable bonds is 5. The van der Waals surface area contributed by atoms with E-state index in [1.807, 2.05) is 0 Å². The van der Waals surface area contributed by atoms with Crippen LogP contribution in [0.25, 0.3) is 10.8 Å². The van der Waals surface area contributed by atoms with Crippen LogP contribution in [-0.2, 0) is 27.3 Å². The summed E-state index contributed by atoms with van der Waals surface area (Å²) in [6, 6.07) is 6.99. The van der Waals surface area contributed by atoms with Gasteiger partial charge < -0.3 is 0 Å². The summed E-state index contributed by atoms with van der Waals surface area (Å²) in [5, 5.41) is 3.00. The van der Waals surface area contributed by atoms with Gasteiger partial charge in [-0.3, -0.25) is 0 Å². The van der Waals surface area contributed by atoms with Gasteiger partial charge in [0, 0.05) is 0 Å². The van der Waals surface area contributed by atoms with Crippen molar-refractivity contribution in [3.05, 3.63) is 40.5 Å². The van der Waals surface area contributed by atoms with Crippen LogP contribution in [0.5, 0.6) is 0 Å². The molecule has 0 atom stereocenters. The second-order valence-electron chi connectivity index (χ2n) is 5.66. The Morgan fingerprint density at radius 2 is 1.71 bits per heavy atom. The Labute approximate surface area is 148 Å². The van der Waals surface area contributed by atoms with Crippen molar-refractivity contribution in [3.63, 3.8) is 0 Å². The van der Waals surface area contributed by atoms with Crippen molar-refractivity contribution in [2.45, 2.75) is 59.8 Å². The van der Waals surface area contributed by atoms with E-state index >= 15 is 0 Å². The molecule has 0 aromatic heterocycles. The second-order valence-corrected chi connectivity index (χ2v) is 9.40. The van der Waals surface area contributed by atoms with Crippen molar-refractivity contribution in [1.29, 1.82) is 0 Å². The van der Waals surface area contributed by atoms with Crippen LogP contribution in [0.3, 0.4) is 0 Å². The van der Waals surface area contributed by atoms with E-state index in [9.17, 15) is 0 Å². The molecule has 0 aliphatic rings. The Bertz CT molecular complexity index is 558. The molecule has 2 aromatic rings. The van der Waals surface area contributed by atoms with Gasteiger partial charge in [0.2, 0.25) is 0 Å². The molecule has 0 saturated heterocycles. The molecule has 0 nitrogen and oxygen atoms in total. The van der Waals surface area contributed by atoms with Gasteiger partial charge in [-0.25, -0.2) is 0 Å². The molecule has 0 fully saturated rings. The maximum absolute atomic E-state index is 4.93. The van der Waals surface area contributed by atoms with E-state index < -0.39 is 20.8 Å². The number of halogens is 2. The summed E-state index contributed by atoms with van der Waals surface area (Å²) in [4.78, 5) is 0. The zero-order chi connectivity index (χ0) is 15.8. The third-order valence-electron chi connectivity index (χ3n) is 4.18. The average Bonchev–Trinajstić information content (AvgIpc) is 2.76. The number of aryl methyl sites for hydroxylation is 4. The Morgan fingerprint density at radius 1 is 1.05 bits per heavy atom. The van der Waals surface area contributed by atoms with Crippen LogP contribution in [0.4, 0.5) is 0 Å². The minimum atomic E-state index is -0.826. The summed E-state index contributed by atoms with van der Waals surface area (Å²) >= 11 is -0.826. The van der Waals surface area contributed by atoms with E-state index in [-0.39, 0.29) is 0 Å². The summed E-state index contributed by atoms with van der Waals surface area (Å²) in [7, 11) is 9.87. The van der Waals surface area contributed by atoms with Gasteiger partial charge in [0.25, 0.3) is 0 Å². The molecule has 0 N–H and O–H groups in total. The van der Waals surface area contributed by atoms with Crippen molar-refractivity contribution in [1.82, 2.24) is 0 Å². The van der Waals surface area contributed by atoms with Crippen LogP contribution in [0.1, 0.15) is 54.9 Å². The van der Waals surface area contributed by atoms with Crippen LogP contribution in [0.15, 0.2) is 18.2 Å². The molecule has 0 saturated carbocycles. The first-order valence-electron chi connectivity index (χ1n) is 7.68. The van der Waals surface area contributed by atoms with Gasteiger partial charge in [-0.1, -0.05) is 65.0 Å². The van der Waals surface area contributed by atoms with E-state index in [0.29, 0.717) is 0 Å². The van der Waals surface area contributed by atoms with Crippen LogP contribution in [0.2, 0.25) is 0 Å². The molecule has 0 radical (unpaired) electrons. The monoisotopic (exact) mass is 401 g/mol. The predicted molar refractivity (Wildman–Crippen MR) is 93.3 cm³/mol. The average molecular weight is 404 g/mol. The zero-order valence-electron chi connectivity index (χ0n) is 13.5. The second kappa shape index (κ2) is 10.1. The Kier molecular flexibility index (Phi) is 9.34. The van der Waals surface area contributed by atoms with Crippen LogP contribution in [-0.4, -0.2) is 0 Å². The summed E-state index contributed by atoms with van der Waals surface area (Å²) in [6.45, 7) is 9.00. The molecular formula is C18H25Cl2Zr-. The molecule has 2 rings (SSSR count). The molecule has 3 heteroatoms. The Morgan fingerprint density at radius 3 is 2.33 bits per heavy atom. The fraction of sp³-hybridized carbons (Fsp3) is 0.500. The molecule has 21 heavy (non-hydrogen) atoms. The molecule has 0 spiro atoms. The van der Waals surface area contributed by atoms with Crippen molar-refractivity contribution in [2.75, 3.05) is 0 Å². The van der Waals surface area contributed by atoms with E-state index in [2.05, 4.69) is 45.9 Å². The summed E-state index contributed by atoms with van der Waals surface area (Å²) in [6.07, 6.45) is 6.62. The van der Waals surface area contributed by atoms with Crippen LogP contribution >= 0.6 is 17.0 Å². The third-order valence-corrected chi connectivity index (χ3v) is 4.18. The molecule has 0 heterocycles. The summed E-state index contributed by atoms with van der Waals surface area (Å²) in [5.74, 6) is 0. The number of hydrogen-bond acceptors (Lipinski definition) is 0. The Hall–Kier alpha value is 0.293. The van der Waals surface area contributed by atoms with Gasteiger partial charge in [0.15, 0.2) is 0 Å².